The van der Waals surface area contributed by atoms with Gasteiger partial charge in [0.2, 0.25) is 0 Å². The highest BCUT2D eigenvalue weighted by Gasteiger charge is 2.48. The number of anilines is 3. The van der Waals surface area contributed by atoms with Gasteiger partial charge >= 0.3 is 0 Å². The SMILES string of the molecule is c1ccc(-c2cc(-c3ccccc3)cc(N(c3ccc4c(c3)-c3ccccc3C4(c3ccccc3)c3ccccc3)c3ccc4c(c3)C(c3ccccc3)(c3ccccc3)c3ccccc3-4)c2)cc1. The van der Waals surface area contributed by atoms with Gasteiger partial charge in [-0.3, -0.25) is 0 Å². The summed E-state index contributed by atoms with van der Waals surface area (Å²) >= 11 is 0. The Bertz CT molecular complexity index is 3500. The van der Waals surface area contributed by atoms with Crippen LogP contribution in [0.3, 0.4) is 0 Å². The molecule has 0 aliphatic heterocycles. The van der Waals surface area contributed by atoms with Gasteiger partial charge in [-0.05, 0) is 131 Å². The van der Waals surface area contributed by atoms with Gasteiger partial charge in [0.05, 0.1) is 10.8 Å². The maximum Gasteiger partial charge on any atom is 0.0714 e. The van der Waals surface area contributed by atoms with E-state index < -0.39 is 10.8 Å². The Hall–Kier alpha value is -8.78. The highest BCUT2D eigenvalue weighted by Crippen LogP contribution is 2.59. The lowest BCUT2D eigenvalue weighted by Gasteiger charge is -2.35. The molecule has 0 spiro atoms. The first-order chi connectivity index (χ1) is 34.2. The van der Waals surface area contributed by atoms with Crippen molar-refractivity contribution in [3.63, 3.8) is 0 Å². The van der Waals surface area contributed by atoms with Crippen LogP contribution < -0.4 is 4.90 Å². The molecule has 0 atom stereocenters. The molecule has 1 heteroatoms. The molecule has 0 unspecified atom stereocenters. The van der Waals surface area contributed by atoms with Gasteiger partial charge in [-0.15, -0.1) is 0 Å². The molecule has 0 fully saturated rings. The lowest BCUT2D eigenvalue weighted by Crippen LogP contribution is -2.29. The molecule has 2 aliphatic rings. The minimum atomic E-state index is -0.556. The minimum Gasteiger partial charge on any atom is -0.310 e. The van der Waals surface area contributed by atoms with Gasteiger partial charge in [0.25, 0.3) is 0 Å². The third-order valence-electron chi connectivity index (χ3n) is 14.8. The average Bonchev–Trinajstić information content (AvgIpc) is 3.90. The van der Waals surface area contributed by atoms with E-state index in [2.05, 4.69) is 290 Å². The van der Waals surface area contributed by atoms with Crippen molar-refractivity contribution in [1.29, 1.82) is 0 Å². The molecule has 11 aromatic rings. The molecule has 0 N–H and O–H groups in total. The summed E-state index contributed by atoms with van der Waals surface area (Å²) in [4.78, 5) is 2.51. The Morgan fingerprint density at radius 3 is 1.03 bits per heavy atom. The van der Waals surface area contributed by atoms with Crippen LogP contribution in [0.4, 0.5) is 17.1 Å². The lowest BCUT2D eigenvalue weighted by molar-refractivity contribution is 0.768. The fourth-order valence-corrected chi connectivity index (χ4v) is 11.9. The Kier molecular flexibility index (Phi) is 9.70. The van der Waals surface area contributed by atoms with Crippen LogP contribution in [0, 0.1) is 0 Å². The molecule has 0 saturated heterocycles. The van der Waals surface area contributed by atoms with E-state index in [1.807, 2.05) is 0 Å². The van der Waals surface area contributed by atoms with Crippen LogP contribution in [0.5, 0.6) is 0 Å². The van der Waals surface area contributed by atoms with Gasteiger partial charge in [-0.2, -0.15) is 0 Å². The largest absolute Gasteiger partial charge is 0.310 e. The molecule has 0 aromatic heterocycles. The zero-order valence-electron chi connectivity index (χ0n) is 38.1. The monoisotopic (exact) mass is 877 g/mol. The lowest BCUT2D eigenvalue weighted by atomic mass is 9.67. The normalized spacial score (nSPS) is 13.4. The maximum absolute atomic E-state index is 2.51. The molecular formula is C68H47N. The van der Waals surface area contributed by atoms with Crippen LogP contribution in [0.2, 0.25) is 0 Å². The van der Waals surface area contributed by atoms with Crippen molar-refractivity contribution in [2.75, 3.05) is 4.90 Å². The predicted octanol–water partition coefficient (Wildman–Crippen LogP) is 17.2. The highest BCUT2D eigenvalue weighted by atomic mass is 15.1. The Labute approximate surface area is 404 Å². The number of hydrogen-bond donors (Lipinski definition) is 0. The van der Waals surface area contributed by atoms with Gasteiger partial charge in [-0.25, -0.2) is 0 Å². The van der Waals surface area contributed by atoms with Gasteiger partial charge in [0, 0.05) is 17.1 Å². The van der Waals surface area contributed by atoms with Gasteiger partial charge < -0.3 is 4.90 Å². The third-order valence-corrected chi connectivity index (χ3v) is 14.8. The second-order valence-corrected chi connectivity index (χ2v) is 18.4. The van der Waals surface area contributed by atoms with E-state index in [-0.39, 0.29) is 0 Å². The molecule has 1 nitrogen and oxygen atoms in total. The van der Waals surface area contributed by atoms with Crippen LogP contribution in [0.15, 0.2) is 285 Å². The van der Waals surface area contributed by atoms with Crippen molar-refractivity contribution in [1.82, 2.24) is 0 Å². The molecule has 0 bridgehead atoms. The molecule has 13 rings (SSSR count). The number of hydrogen-bond acceptors (Lipinski definition) is 1. The number of rotatable bonds is 9. The smallest absolute Gasteiger partial charge is 0.0714 e. The molecule has 0 amide bonds. The van der Waals surface area contributed by atoms with Gasteiger partial charge in [0.1, 0.15) is 0 Å². The zero-order chi connectivity index (χ0) is 45.8. The number of benzene rings is 11. The summed E-state index contributed by atoms with van der Waals surface area (Å²) in [5, 5.41) is 0. The standard InChI is InChI=1S/C68H47N/c1-7-23-48(24-8-1)50-43-51(49-25-9-2-10-26-49)45-58(44-50)69(56-40-42-65-62(46-56)60-36-20-22-38-64(60)67(65,52-27-11-3-12-28-52)53-29-13-4-14-30-53)57-39-41-61-59-35-19-21-37-63(59)68(66(61)47-57,54-31-15-5-16-32-54)55-33-17-6-18-34-55/h1-47H. The van der Waals surface area contributed by atoms with E-state index in [1.165, 1.54) is 77.9 Å². The minimum absolute atomic E-state index is 0.504. The first kappa shape index (κ1) is 40.5. The maximum atomic E-state index is 2.51. The Balaban J connectivity index is 1.11. The predicted molar refractivity (Wildman–Crippen MR) is 287 cm³/mol. The van der Waals surface area contributed by atoms with Crippen molar-refractivity contribution in [2.24, 2.45) is 0 Å². The summed E-state index contributed by atoms with van der Waals surface area (Å²) in [6.45, 7) is 0. The van der Waals surface area contributed by atoms with E-state index >= 15 is 0 Å². The molecule has 0 saturated carbocycles. The molecule has 0 radical (unpaired) electrons. The fraction of sp³-hybridized carbons (Fsp3) is 0.0294. The highest BCUT2D eigenvalue weighted by molar-refractivity contribution is 5.94. The third kappa shape index (κ3) is 6.32. The van der Waals surface area contributed by atoms with E-state index in [0.717, 1.165) is 28.2 Å². The Morgan fingerprint density at radius 2 is 0.551 bits per heavy atom. The number of nitrogens with zero attached hydrogens (tertiary/aromatic N) is 1. The van der Waals surface area contributed by atoms with E-state index in [4.69, 9.17) is 0 Å². The topological polar surface area (TPSA) is 3.24 Å². The molecule has 324 valence electrons. The second-order valence-electron chi connectivity index (χ2n) is 18.4. The molecule has 69 heavy (non-hydrogen) atoms. The van der Waals surface area contributed by atoms with Crippen molar-refractivity contribution < 1.29 is 0 Å². The molecule has 2 aliphatic carbocycles. The van der Waals surface area contributed by atoms with E-state index in [9.17, 15) is 0 Å². The Morgan fingerprint density at radius 1 is 0.203 bits per heavy atom. The summed E-state index contributed by atoms with van der Waals surface area (Å²) in [6.07, 6.45) is 0. The van der Waals surface area contributed by atoms with Gasteiger partial charge in [0.15, 0.2) is 0 Å². The summed E-state index contributed by atoms with van der Waals surface area (Å²) < 4.78 is 0. The molecular weight excluding hydrogens is 831 g/mol. The van der Waals surface area contributed by atoms with Crippen LogP contribution in [-0.2, 0) is 10.8 Å². The van der Waals surface area contributed by atoms with Crippen LogP contribution in [-0.4, -0.2) is 0 Å². The van der Waals surface area contributed by atoms with Gasteiger partial charge in [-0.1, -0.05) is 243 Å². The van der Waals surface area contributed by atoms with Crippen molar-refractivity contribution in [3.05, 3.63) is 330 Å². The van der Waals surface area contributed by atoms with E-state index in [0.29, 0.717) is 0 Å². The van der Waals surface area contributed by atoms with Crippen LogP contribution in [0.25, 0.3) is 44.5 Å². The summed E-state index contributed by atoms with van der Waals surface area (Å²) in [7, 11) is 0. The first-order valence-electron chi connectivity index (χ1n) is 24.0. The van der Waals surface area contributed by atoms with Crippen LogP contribution >= 0.6 is 0 Å². The van der Waals surface area contributed by atoms with Crippen molar-refractivity contribution >= 4 is 17.1 Å². The van der Waals surface area contributed by atoms with Crippen molar-refractivity contribution in [3.8, 4) is 44.5 Å². The summed E-state index contributed by atoms with van der Waals surface area (Å²) in [5.41, 5.74) is 22.0. The number of fused-ring (bicyclic) bond motifs is 6. The molecule has 11 aromatic carbocycles. The van der Waals surface area contributed by atoms with Crippen LogP contribution in [0.1, 0.15) is 44.5 Å². The molecule has 0 heterocycles. The summed E-state index contributed by atoms with van der Waals surface area (Å²) in [6, 6.07) is 106. The zero-order valence-corrected chi connectivity index (χ0v) is 38.1. The first-order valence-corrected chi connectivity index (χ1v) is 24.0. The summed E-state index contributed by atoms with van der Waals surface area (Å²) in [5.74, 6) is 0. The average molecular weight is 878 g/mol. The van der Waals surface area contributed by atoms with E-state index in [1.54, 1.807) is 0 Å². The van der Waals surface area contributed by atoms with Crippen molar-refractivity contribution in [2.45, 2.75) is 10.8 Å². The second kappa shape index (κ2) is 16.5. The fourth-order valence-electron chi connectivity index (χ4n) is 11.9. The quantitative estimate of drug-likeness (QED) is 0.140.